The molecule has 0 aliphatic carbocycles. The van der Waals surface area contributed by atoms with Gasteiger partial charge in [-0.2, -0.15) is 5.26 Å². The van der Waals surface area contributed by atoms with Crippen LogP contribution in [0.4, 0.5) is 5.69 Å². The van der Waals surface area contributed by atoms with E-state index in [9.17, 15) is 9.59 Å². The fourth-order valence-electron chi connectivity index (χ4n) is 2.01. The number of fused-ring (bicyclic) bond motifs is 1. The van der Waals surface area contributed by atoms with Crippen LogP contribution in [-0.4, -0.2) is 15.9 Å². The Labute approximate surface area is 119 Å². The first-order chi connectivity index (χ1) is 10.2. The maximum Gasteiger partial charge on any atom is 0.323 e. The van der Waals surface area contributed by atoms with Gasteiger partial charge in [0.1, 0.15) is 0 Å². The summed E-state index contributed by atoms with van der Waals surface area (Å²) >= 11 is 0. The molecular weight excluding hydrogens is 268 g/mol. The van der Waals surface area contributed by atoms with Crippen LogP contribution < -0.4 is 11.0 Å². The lowest BCUT2D eigenvalue weighted by Gasteiger charge is -2.05. The minimum absolute atomic E-state index is 0.281. The number of aromatic amines is 2. The number of hydrogen-bond acceptors (Lipinski definition) is 3. The Morgan fingerprint density at radius 2 is 1.76 bits per heavy atom. The molecule has 6 heteroatoms. The lowest BCUT2D eigenvalue weighted by Crippen LogP contribution is -2.11. The maximum absolute atomic E-state index is 12.1. The van der Waals surface area contributed by atoms with Gasteiger partial charge >= 0.3 is 5.69 Å². The van der Waals surface area contributed by atoms with Crippen LogP contribution in [0, 0.1) is 11.3 Å². The average molecular weight is 278 g/mol. The molecule has 1 amide bonds. The van der Waals surface area contributed by atoms with Gasteiger partial charge in [-0.15, -0.1) is 0 Å². The molecule has 0 radical (unpaired) electrons. The van der Waals surface area contributed by atoms with Crippen molar-refractivity contribution in [2.24, 2.45) is 0 Å². The van der Waals surface area contributed by atoms with E-state index in [1.54, 1.807) is 42.5 Å². The van der Waals surface area contributed by atoms with Crippen molar-refractivity contribution in [3.63, 3.8) is 0 Å². The normalized spacial score (nSPS) is 10.2. The number of carbonyl (C=O) groups is 1. The predicted octanol–water partition coefficient (Wildman–Crippen LogP) is 1.98. The largest absolute Gasteiger partial charge is 0.323 e. The number of hydrogen-bond donors (Lipinski definition) is 3. The molecule has 0 bridgehead atoms. The first-order valence-corrected chi connectivity index (χ1v) is 6.19. The van der Waals surface area contributed by atoms with Crippen molar-refractivity contribution >= 4 is 22.6 Å². The number of anilines is 1. The minimum Gasteiger partial charge on any atom is -0.322 e. The molecular formula is C15H10N4O2. The summed E-state index contributed by atoms with van der Waals surface area (Å²) in [6.45, 7) is 0. The molecule has 0 saturated carbocycles. The van der Waals surface area contributed by atoms with E-state index < -0.39 is 0 Å². The van der Waals surface area contributed by atoms with E-state index in [1.165, 1.54) is 0 Å². The summed E-state index contributed by atoms with van der Waals surface area (Å²) < 4.78 is 0. The van der Waals surface area contributed by atoms with Gasteiger partial charge in [0.05, 0.1) is 22.7 Å². The highest BCUT2D eigenvalue weighted by Crippen LogP contribution is 2.15. The number of nitrogens with zero attached hydrogens (tertiary/aromatic N) is 1. The maximum atomic E-state index is 12.1. The van der Waals surface area contributed by atoms with Gasteiger partial charge in [-0.25, -0.2) is 4.79 Å². The summed E-state index contributed by atoms with van der Waals surface area (Å²) in [5.41, 5.74) is 2.54. The van der Waals surface area contributed by atoms with Crippen LogP contribution in [0.2, 0.25) is 0 Å². The molecule has 3 N–H and O–H groups in total. The second-order valence-corrected chi connectivity index (χ2v) is 4.48. The summed E-state index contributed by atoms with van der Waals surface area (Å²) in [5, 5.41) is 11.5. The van der Waals surface area contributed by atoms with E-state index in [4.69, 9.17) is 5.26 Å². The van der Waals surface area contributed by atoms with E-state index >= 15 is 0 Å². The molecule has 0 fully saturated rings. The van der Waals surface area contributed by atoms with Crippen molar-refractivity contribution in [3.05, 3.63) is 64.1 Å². The van der Waals surface area contributed by atoms with Crippen LogP contribution in [-0.2, 0) is 0 Å². The lowest BCUT2D eigenvalue weighted by molar-refractivity contribution is 0.102. The van der Waals surface area contributed by atoms with Crippen molar-refractivity contribution in [3.8, 4) is 6.07 Å². The molecule has 0 atom stereocenters. The molecule has 0 aliphatic rings. The van der Waals surface area contributed by atoms with Gasteiger partial charge in [-0.05, 0) is 42.5 Å². The van der Waals surface area contributed by atoms with Gasteiger partial charge in [-0.3, -0.25) is 4.79 Å². The highest BCUT2D eigenvalue weighted by molar-refractivity contribution is 6.05. The van der Waals surface area contributed by atoms with Gasteiger partial charge < -0.3 is 15.3 Å². The van der Waals surface area contributed by atoms with Crippen molar-refractivity contribution in [2.45, 2.75) is 0 Å². The lowest BCUT2D eigenvalue weighted by atomic mass is 10.1. The number of nitriles is 1. The van der Waals surface area contributed by atoms with Gasteiger partial charge in [0.25, 0.3) is 5.91 Å². The minimum atomic E-state index is -0.291. The standard InChI is InChI=1S/C15H10N4O2/c16-8-9-1-3-10(4-2-9)14(20)17-11-5-6-12-13(7-11)19-15(21)18-12/h1-7H,(H,17,20)(H2,18,19,21). The van der Waals surface area contributed by atoms with Crippen LogP contribution >= 0.6 is 0 Å². The second-order valence-electron chi connectivity index (χ2n) is 4.48. The fourth-order valence-corrected chi connectivity index (χ4v) is 2.01. The van der Waals surface area contributed by atoms with Crippen molar-refractivity contribution in [1.29, 1.82) is 5.26 Å². The summed E-state index contributed by atoms with van der Waals surface area (Å²) in [7, 11) is 0. The van der Waals surface area contributed by atoms with E-state index in [0.29, 0.717) is 27.8 Å². The Kier molecular flexibility index (Phi) is 3.01. The van der Waals surface area contributed by atoms with E-state index in [2.05, 4.69) is 15.3 Å². The number of amides is 1. The summed E-state index contributed by atoms with van der Waals surface area (Å²) in [6, 6.07) is 13.4. The molecule has 6 nitrogen and oxygen atoms in total. The molecule has 3 aromatic rings. The number of carbonyl (C=O) groups excluding carboxylic acids is 1. The van der Waals surface area contributed by atoms with E-state index in [0.717, 1.165) is 0 Å². The zero-order valence-corrected chi connectivity index (χ0v) is 10.8. The molecule has 3 rings (SSSR count). The number of imidazole rings is 1. The molecule has 0 saturated heterocycles. The summed E-state index contributed by atoms with van der Waals surface area (Å²) in [4.78, 5) is 28.5. The Hall–Kier alpha value is -3.33. The van der Waals surface area contributed by atoms with Crippen molar-refractivity contribution < 1.29 is 4.79 Å². The zero-order valence-electron chi connectivity index (χ0n) is 10.8. The molecule has 0 unspecified atom stereocenters. The average Bonchev–Trinajstić information content (AvgIpc) is 2.86. The van der Waals surface area contributed by atoms with Crippen molar-refractivity contribution in [1.82, 2.24) is 9.97 Å². The van der Waals surface area contributed by atoms with Crippen LogP contribution in [0.3, 0.4) is 0 Å². The number of benzene rings is 2. The molecule has 0 spiro atoms. The second kappa shape index (κ2) is 4.98. The summed E-state index contributed by atoms with van der Waals surface area (Å²) in [6.07, 6.45) is 0. The predicted molar refractivity (Wildman–Crippen MR) is 78.0 cm³/mol. The SMILES string of the molecule is N#Cc1ccc(C(=O)Nc2ccc3[nH]c(=O)[nH]c3c2)cc1. The van der Waals surface area contributed by atoms with Crippen LogP contribution in [0.15, 0.2) is 47.3 Å². The fraction of sp³-hybridized carbons (Fsp3) is 0. The van der Waals surface area contributed by atoms with Crippen LogP contribution in [0.5, 0.6) is 0 Å². The Morgan fingerprint density at radius 1 is 1.05 bits per heavy atom. The Bertz CT molecular complexity index is 913. The third-order valence-corrected chi connectivity index (χ3v) is 3.05. The molecule has 21 heavy (non-hydrogen) atoms. The van der Waals surface area contributed by atoms with Gasteiger partial charge in [0, 0.05) is 11.3 Å². The van der Waals surface area contributed by atoms with E-state index in [-0.39, 0.29) is 11.6 Å². The Morgan fingerprint density at radius 3 is 2.48 bits per heavy atom. The highest BCUT2D eigenvalue weighted by atomic mass is 16.2. The van der Waals surface area contributed by atoms with Gasteiger partial charge in [-0.1, -0.05) is 0 Å². The molecule has 1 heterocycles. The van der Waals surface area contributed by atoms with E-state index in [1.807, 2.05) is 6.07 Å². The molecule has 2 aromatic carbocycles. The number of rotatable bonds is 2. The topological polar surface area (TPSA) is 102 Å². The van der Waals surface area contributed by atoms with Crippen LogP contribution in [0.25, 0.3) is 11.0 Å². The Balaban J connectivity index is 1.84. The van der Waals surface area contributed by atoms with Crippen molar-refractivity contribution in [2.75, 3.05) is 5.32 Å². The zero-order chi connectivity index (χ0) is 14.8. The summed E-state index contributed by atoms with van der Waals surface area (Å²) in [5.74, 6) is -0.281. The first kappa shape index (κ1) is 12.7. The number of aromatic nitrogens is 2. The third kappa shape index (κ3) is 2.53. The smallest absolute Gasteiger partial charge is 0.322 e. The first-order valence-electron chi connectivity index (χ1n) is 6.19. The third-order valence-electron chi connectivity index (χ3n) is 3.05. The molecule has 1 aromatic heterocycles. The van der Waals surface area contributed by atoms with Gasteiger partial charge in [0.15, 0.2) is 0 Å². The molecule has 0 aliphatic heterocycles. The van der Waals surface area contributed by atoms with Gasteiger partial charge in [0.2, 0.25) is 0 Å². The number of nitrogens with one attached hydrogen (secondary N) is 3. The highest BCUT2D eigenvalue weighted by Gasteiger charge is 2.07. The number of H-pyrrole nitrogens is 2. The monoisotopic (exact) mass is 278 g/mol. The molecule has 102 valence electrons. The quantitative estimate of drug-likeness (QED) is 0.668. The van der Waals surface area contributed by atoms with Crippen LogP contribution in [0.1, 0.15) is 15.9 Å².